The molecule has 0 radical (unpaired) electrons. The Hall–Kier alpha value is -3.50. The average Bonchev–Trinajstić information content (AvgIpc) is 2.70. The normalized spacial score (nSPS) is 17.6. The van der Waals surface area contributed by atoms with Gasteiger partial charge in [-0.2, -0.15) is 26.3 Å². The van der Waals surface area contributed by atoms with E-state index >= 15 is 0 Å². The van der Waals surface area contributed by atoms with Crippen LogP contribution in [0, 0.1) is 5.41 Å². The molecular weight excluding hydrogens is 438 g/mol. The van der Waals surface area contributed by atoms with Crippen LogP contribution in [0.1, 0.15) is 35.7 Å². The number of rotatable bonds is 4. The van der Waals surface area contributed by atoms with Crippen molar-refractivity contribution in [3.05, 3.63) is 71.1 Å². The zero-order valence-corrected chi connectivity index (χ0v) is 16.5. The molecule has 1 aliphatic rings. The first kappa shape index (κ1) is 23.2. The summed E-state index contributed by atoms with van der Waals surface area (Å²) < 4.78 is 76.5. The molecule has 0 bridgehead atoms. The summed E-state index contributed by atoms with van der Waals surface area (Å²) in [6.07, 6.45) is -7.89. The lowest BCUT2D eigenvalue weighted by Gasteiger charge is -2.21. The number of hydrogen-bond acceptors (Lipinski definition) is 4. The minimum absolute atomic E-state index is 0.0255. The lowest BCUT2D eigenvalue weighted by molar-refractivity contribution is -0.141. The molecule has 1 aromatic carbocycles. The second-order valence-corrected chi connectivity index (χ2v) is 6.98. The molecule has 32 heavy (non-hydrogen) atoms. The van der Waals surface area contributed by atoms with E-state index < -0.39 is 35.7 Å². The fourth-order valence-corrected chi connectivity index (χ4v) is 3.04. The summed E-state index contributed by atoms with van der Waals surface area (Å²) in [5, 5.41) is 10.5. The summed E-state index contributed by atoms with van der Waals surface area (Å²) in [6.45, 7) is 1.43. The molecule has 0 saturated carbocycles. The van der Waals surface area contributed by atoms with Gasteiger partial charge in [-0.05, 0) is 42.8 Å². The molecule has 0 aliphatic carbocycles. The van der Waals surface area contributed by atoms with Gasteiger partial charge in [0.25, 0.3) is 0 Å². The van der Waals surface area contributed by atoms with Gasteiger partial charge in [0, 0.05) is 23.0 Å². The van der Waals surface area contributed by atoms with Crippen molar-refractivity contribution in [3.8, 4) is 0 Å². The number of aromatic nitrogens is 1. The third-order valence-corrected chi connectivity index (χ3v) is 4.57. The molecule has 3 rings (SSSR count). The van der Waals surface area contributed by atoms with Crippen LogP contribution in [0.25, 0.3) is 5.57 Å². The zero-order valence-electron chi connectivity index (χ0n) is 16.5. The Balaban J connectivity index is 1.93. The van der Waals surface area contributed by atoms with Gasteiger partial charge in [-0.1, -0.05) is 12.1 Å². The number of hydrogen-bond donors (Lipinski definition) is 2. The Bertz CT molecular complexity index is 1080. The van der Waals surface area contributed by atoms with E-state index in [9.17, 15) is 31.1 Å². The number of nitrogens with zero attached hydrogens (tertiary/aromatic N) is 2. The Morgan fingerprint density at radius 1 is 1.06 bits per heavy atom. The van der Waals surface area contributed by atoms with Crippen LogP contribution in [0.5, 0.6) is 0 Å². The molecule has 1 amide bonds. The van der Waals surface area contributed by atoms with Crippen molar-refractivity contribution >= 4 is 22.9 Å². The van der Waals surface area contributed by atoms with Crippen molar-refractivity contribution in [2.45, 2.75) is 31.9 Å². The molecule has 2 N–H and O–H groups in total. The largest absolute Gasteiger partial charge is 0.433 e. The number of benzene rings is 1. The van der Waals surface area contributed by atoms with Crippen LogP contribution in [-0.2, 0) is 17.1 Å². The molecule has 0 saturated heterocycles. The summed E-state index contributed by atoms with van der Waals surface area (Å²) in [7, 11) is 0. The third kappa shape index (κ3) is 5.40. The number of amides is 1. The molecule has 5 nitrogen and oxygen atoms in total. The van der Waals surface area contributed by atoms with Crippen LogP contribution in [-0.4, -0.2) is 28.5 Å². The van der Waals surface area contributed by atoms with Gasteiger partial charge in [-0.25, -0.2) is 0 Å². The summed E-state index contributed by atoms with van der Waals surface area (Å²) >= 11 is 0. The number of carbonyl (C=O) groups excluding carboxylic acids is 1. The van der Waals surface area contributed by atoms with Gasteiger partial charge in [0.05, 0.1) is 17.7 Å². The van der Waals surface area contributed by atoms with E-state index in [4.69, 9.17) is 5.41 Å². The van der Waals surface area contributed by atoms with Crippen LogP contribution < -0.4 is 5.32 Å². The predicted molar refractivity (Wildman–Crippen MR) is 105 cm³/mol. The highest BCUT2D eigenvalue weighted by atomic mass is 19.4. The van der Waals surface area contributed by atoms with E-state index in [1.807, 2.05) is 0 Å². The summed E-state index contributed by atoms with van der Waals surface area (Å²) in [5.41, 5.74) is -0.901. The molecule has 0 spiro atoms. The van der Waals surface area contributed by atoms with E-state index in [0.29, 0.717) is 5.56 Å². The van der Waals surface area contributed by atoms with E-state index in [-0.39, 0.29) is 29.0 Å². The second kappa shape index (κ2) is 8.56. The molecule has 11 heteroatoms. The highest BCUT2D eigenvalue weighted by molar-refractivity contribution is 6.21. The van der Waals surface area contributed by atoms with E-state index in [2.05, 4.69) is 15.3 Å². The SMILES string of the molecule is CC(=N)/C(=C\C1N=C(c2ccc(C(F)(F)F)nc2)CC(=O)N1)c1ccc(C(F)(F)F)cc1. The lowest BCUT2D eigenvalue weighted by Crippen LogP contribution is -2.39. The van der Waals surface area contributed by atoms with Gasteiger partial charge in [-0.3, -0.25) is 14.8 Å². The topological polar surface area (TPSA) is 78.2 Å². The van der Waals surface area contributed by atoms with Crippen molar-refractivity contribution in [3.63, 3.8) is 0 Å². The summed E-state index contributed by atoms with van der Waals surface area (Å²) in [4.78, 5) is 19.8. The van der Waals surface area contributed by atoms with Gasteiger partial charge in [0.15, 0.2) is 0 Å². The minimum Gasteiger partial charge on any atom is -0.331 e. The Morgan fingerprint density at radius 2 is 1.72 bits per heavy atom. The molecule has 0 fully saturated rings. The van der Waals surface area contributed by atoms with Crippen LogP contribution in [0.3, 0.4) is 0 Å². The standard InChI is InChI=1S/C21H16F6N4O/c1-11(28)15(12-2-5-14(6-3-12)20(22,23)24)8-18-30-16(9-19(32)31-18)13-4-7-17(29-10-13)21(25,26)27/h2-8,10,18,28H,9H2,1H3,(H,31,32)/b15-8+,28-11?. The second-order valence-electron chi connectivity index (χ2n) is 6.98. The first-order valence-corrected chi connectivity index (χ1v) is 9.19. The maximum atomic E-state index is 12.8. The van der Waals surface area contributed by atoms with Crippen LogP contribution in [0.2, 0.25) is 0 Å². The molecule has 168 valence electrons. The highest BCUT2D eigenvalue weighted by Gasteiger charge is 2.32. The number of pyridine rings is 1. The molecule has 1 aromatic heterocycles. The number of alkyl halides is 6. The quantitative estimate of drug-likeness (QED) is 0.511. The van der Waals surface area contributed by atoms with Gasteiger partial charge in [0.2, 0.25) is 5.91 Å². The molecular formula is C21H16F6N4O. The monoisotopic (exact) mass is 454 g/mol. The highest BCUT2D eigenvalue weighted by Crippen LogP contribution is 2.31. The van der Waals surface area contributed by atoms with Gasteiger partial charge < -0.3 is 10.7 Å². The van der Waals surface area contributed by atoms with Gasteiger partial charge in [-0.15, -0.1) is 0 Å². The molecule has 1 unspecified atom stereocenters. The summed E-state index contributed by atoms with van der Waals surface area (Å²) in [6, 6.07) is 6.13. The Morgan fingerprint density at radius 3 is 2.22 bits per heavy atom. The number of allylic oxidation sites excluding steroid dienone is 1. The predicted octanol–water partition coefficient (Wildman–Crippen LogP) is 4.88. The molecule has 2 heterocycles. The van der Waals surface area contributed by atoms with Crippen LogP contribution >= 0.6 is 0 Å². The van der Waals surface area contributed by atoms with Crippen molar-refractivity contribution in [2.75, 3.05) is 0 Å². The fourth-order valence-electron chi connectivity index (χ4n) is 3.04. The van der Waals surface area contributed by atoms with Crippen LogP contribution in [0.15, 0.2) is 53.7 Å². The van der Waals surface area contributed by atoms with Crippen molar-refractivity contribution in [1.82, 2.24) is 10.3 Å². The maximum Gasteiger partial charge on any atom is 0.433 e. The van der Waals surface area contributed by atoms with Gasteiger partial charge >= 0.3 is 12.4 Å². The van der Waals surface area contributed by atoms with Crippen molar-refractivity contribution < 1.29 is 31.1 Å². The average molecular weight is 454 g/mol. The van der Waals surface area contributed by atoms with Gasteiger partial charge in [0.1, 0.15) is 11.9 Å². The maximum absolute atomic E-state index is 12.8. The minimum atomic E-state index is -4.60. The fraction of sp³-hybridized carbons (Fsp3) is 0.238. The number of nitrogens with one attached hydrogen (secondary N) is 2. The number of halogens is 6. The first-order chi connectivity index (χ1) is 14.8. The number of aliphatic imine (C=N–C) groups is 1. The van der Waals surface area contributed by atoms with Crippen LogP contribution in [0.4, 0.5) is 26.3 Å². The number of carbonyl (C=O) groups is 1. The van der Waals surface area contributed by atoms with E-state index in [1.54, 1.807) is 0 Å². The lowest BCUT2D eigenvalue weighted by atomic mass is 9.98. The van der Waals surface area contributed by atoms with E-state index in [0.717, 1.165) is 30.5 Å². The summed E-state index contributed by atoms with van der Waals surface area (Å²) in [5.74, 6) is -0.453. The van der Waals surface area contributed by atoms with Crippen molar-refractivity contribution in [2.24, 2.45) is 4.99 Å². The molecule has 1 atom stereocenters. The Labute approximate surface area is 178 Å². The first-order valence-electron chi connectivity index (χ1n) is 9.19. The molecule has 2 aromatic rings. The van der Waals surface area contributed by atoms with E-state index in [1.165, 1.54) is 25.1 Å². The molecule has 1 aliphatic heterocycles. The smallest absolute Gasteiger partial charge is 0.331 e. The third-order valence-electron chi connectivity index (χ3n) is 4.57. The zero-order chi connectivity index (χ0) is 23.7. The Kier molecular flexibility index (Phi) is 6.20. The van der Waals surface area contributed by atoms with Crippen molar-refractivity contribution in [1.29, 1.82) is 5.41 Å².